The van der Waals surface area contributed by atoms with E-state index in [1.54, 1.807) is 6.92 Å². The largest absolute Gasteiger partial charge is 0.367 e. The number of hydrogen-bond donors (Lipinski definition) is 1. The number of nitrogens with two attached hydrogens (primary N) is 1. The van der Waals surface area contributed by atoms with Gasteiger partial charge in [0.25, 0.3) is 5.91 Å². The lowest BCUT2D eigenvalue weighted by molar-refractivity contribution is -0.125. The maximum atomic E-state index is 13.3. The Morgan fingerprint density at radius 1 is 1.83 bits per heavy atom. The van der Waals surface area contributed by atoms with E-state index in [1.165, 1.54) is 0 Å². The van der Waals surface area contributed by atoms with E-state index in [4.69, 9.17) is 10.5 Å². The molecule has 3 nitrogen and oxygen atoms in total. The highest BCUT2D eigenvalue weighted by Crippen LogP contribution is 2.42. The van der Waals surface area contributed by atoms with Crippen LogP contribution in [0, 0.1) is 0 Å². The standard InChI is InChI=1S/C8H14FNO2/c1-3-4-6(9)8(7(10)11)5(2)12-8/h5-6H,3-4H2,1-2H3,(H2,10,11). The molecule has 0 radical (unpaired) electrons. The van der Waals surface area contributed by atoms with E-state index in [1.807, 2.05) is 6.92 Å². The van der Waals surface area contributed by atoms with Gasteiger partial charge in [0.15, 0.2) is 0 Å². The van der Waals surface area contributed by atoms with E-state index in [2.05, 4.69) is 0 Å². The highest BCUT2D eigenvalue weighted by atomic mass is 19.1. The van der Waals surface area contributed by atoms with Crippen molar-refractivity contribution in [2.45, 2.75) is 44.6 Å². The van der Waals surface area contributed by atoms with Gasteiger partial charge in [0.05, 0.1) is 6.10 Å². The highest BCUT2D eigenvalue weighted by molar-refractivity contribution is 5.87. The van der Waals surface area contributed by atoms with Gasteiger partial charge in [-0.2, -0.15) is 0 Å². The van der Waals surface area contributed by atoms with Crippen LogP contribution in [0.3, 0.4) is 0 Å². The Morgan fingerprint density at radius 3 is 2.58 bits per heavy atom. The van der Waals surface area contributed by atoms with Gasteiger partial charge in [-0.3, -0.25) is 4.79 Å². The van der Waals surface area contributed by atoms with Gasteiger partial charge in [-0.25, -0.2) is 4.39 Å². The zero-order chi connectivity index (χ0) is 9.35. The second kappa shape index (κ2) is 3.01. The number of ether oxygens (including phenoxy) is 1. The zero-order valence-corrected chi connectivity index (χ0v) is 7.34. The van der Waals surface area contributed by atoms with Gasteiger partial charge < -0.3 is 10.5 Å². The molecule has 1 fully saturated rings. The lowest BCUT2D eigenvalue weighted by Gasteiger charge is -2.12. The van der Waals surface area contributed by atoms with Crippen molar-refractivity contribution in [3.05, 3.63) is 0 Å². The molecule has 0 aromatic rings. The summed E-state index contributed by atoms with van der Waals surface area (Å²) in [6, 6.07) is 0. The first-order chi connectivity index (χ1) is 5.55. The Morgan fingerprint density at radius 2 is 2.33 bits per heavy atom. The Hall–Kier alpha value is -0.640. The van der Waals surface area contributed by atoms with Gasteiger partial charge >= 0.3 is 0 Å². The van der Waals surface area contributed by atoms with Crippen LogP contribution >= 0.6 is 0 Å². The van der Waals surface area contributed by atoms with Crippen LogP contribution in [0.2, 0.25) is 0 Å². The molecular weight excluding hydrogens is 161 g/mol. The van der Waals surface area contributed by atoms with Gasteiger partial charge in [0.1, 0.15) is 6.17 Å². The van der Waals surface area contributed by atoms with Crippen molar-refractivity contribution >= 4 is 5.91 Å². The Bertz CT molecular complexity index is 197. The van der Waals surface area contributed by atoms with E-state index in [0.717, 1.165) is 0 Å². The molecule has 1 aliphatic heterocycles. The number of carbonyl (C=O) groups is 1. The summed E-state index contributed by atoms with van der Waals surface area (Å²) < 4.78 is 18.2. The molecule has 3 unspecified atom stereocenters. The minimum atomic E-state index is -1.31. The van der Waals surface area contributed by atoms with Gasteiger partial charge in [0.2, 0.25) is 5.60 Å². The number of hydrogen-bond acceptors (Lipinski definition) is 2. The van der Waals surface area contributed by atoms with E-state index < -0.39 is 17.7 Å². The summed E-state index contributed by atoms with van der Waals surface area (Å²) >= 11 is 0. The van der Waals surface area contributed by atoms with Gasteiger partial charge in [-0.1, -0.05) is 13.3 Å². The molecule has 1 saturated heterocycles. The fraction of sp³-hybridized carbons (Fsp3) is 0.875. The second-order valence-electron chi connectivity index (χ2n) is 3.17. The average molecular weight is 175 g/mol. The SMILES string of the molecule is CCCC(F)C1(C(N)=O)OC1C. The first-order valence-corrected chi connectivity index (χ1v) is 4.17. The fourth-order valence-corrected chi connectivity index (χ4v) is 1.47. The van der Waals surface area contributed by atoms with Crippen molar-refractivity contribution in [3.63, 3.8) is 0 Å². The molecule has 0 bridgehead atoms. The number of rotatable bonds is 4. The van der Waals surface area contributed by atoms with Crippen LogP contribution in [0.25, 0.3) is 0 Å². The monoisotopic (exact) mass is 175 g/mol. The highest BCUT2D eigenvalue weighted by Gasteiger charge is 2.64. The second-order valence-corrected chi connectivity index (χ2v) is 3.17. The minimum Gasteiger partial charge on any atom is -0.367 e. The molecule has 0 aliphatic carbocycles. The molecule has 2 N–H and O–H groups in total. The van der Waals surface area contributed by atoms with Crippen LogP contribution in [-0.4, -0.2) is 23.8 Å². The maximum absolute atomic E-state index is 13.3. The van der Waals surface area contributed by atoms with Crippen molar-refractivity contribution in [3.8, 4) is 0 Å². The molecule has 70 valence electrons. The summed E-state index contributed by atoms with van der Waals surface area (Å²) in [5.74, 6) is -0.684. The average Bonchev–Trinajstić information content (AvgIpc) is 2.63. The molecule has 0 saturated carbocycles. The van der Waals surface area contributed by atoms with E-state index in [9.17, 15) is 9.18 Å². The van der Waals surface area contributed by atoms with Crippen LogP contribution in [0.15, 0.2) is 0 Å². The zero-order valence-electron chi connectivity index (χ0n) is 7.34. The van der Waals surface area contributed by atoms with Crippen LogP contribution in [-0.2, 0) is 9.53 Å². The van der Waals surface area contributed by atoms with Crippen LogP contribution in [0.1, 0.15) is 26.7 Å². The first kappa shape index (κ1) is 9.45. The van der Waals surface area contributed by atoms with E-state index in [-0.39, 0.29) is 6.10 Å². The normalized spacial score (nSPS) is 36.1. The molecule has 0 aromatic heterocycles. The number of alkyl halides is 1. The number of amides is 1. The van der Waals surface area contributed by atoms with Crippen molar-refractivity contribution < 1.29 is 13.9 Å². The van der Waals surface area contributed by atoms with Gasteiger partial charge in [-0.05, 0) is 13.3 Å². The number of halogens is 1. The quantitative estimate of drug-likeness (QED) is 0.641. The molecule has 0 spiro atoms. The fourth-order valence-electron chi connectivity index (χ4n) is 1.47. The summed E-state index contributed by atoms with van der Waals surface area (Å²) in [7, 11) is 0. The Labute approximate surface area is 71.1 Å². The molecule has 4 heteroatoms. The predicted molar refractivity (Wildman–Crippen MR) is 42.3 cm³/mol. The van der Waals surface area contributed by atoms with Crippen LogP contribution in [0.4, 0.5) is 4.39 Å². The molecular formula is C8H14FNO2. The number of epoxide rings is 1. The summed E-state index contributed by atoms with van der Waals surface area (Å²) in [5, 5.41) is 0. The third-order valence-electron chi connectivity index (χ3n) is 2.31. The smallest absolute Gasteiger partial charge is 0.255 e. The molecule has 3 atom stereocenters. The maximum Gasteiger partial charge on any atom is 0.255 e. The van der Waals surface area contributed by atoms with E-state index >= 15 is 0 Å². The van der Waals surface area contributed by atoms with Crippen LogP contribution in [0.5, 0.6) is 0 Å². The summed E-state index contributed by atoms with van der Waals surface area (Å²) in [5.41, 5.74) is 3.74. The Balaban J connectivity index is 2.63. The summed E-state index contributed by atoms with van der Waals surface area (Å²) in [6.45, 7) is 3.52. The predicted octanol–water partition coefficient (Wildman–Crippen LogP) is 0.767. The van der Waals surface area contributed by atoms with Crippen molar-refractivity contribution in [1.82, 2.24) is 0 Å². The summed E-state index contributed by atoms with van der Waals surface area (Å²) in [6.07, 6.45) is -0.605. The third-order valence-corrected chi connectivity index (χ3v) is 2.31. The first-order valence-electron chi connectivity index (χ1n) is 4.17. The topological polar surface area (TPSA) is 55.6 Å². The molecule has 1 aliphatic rings. The molecule has 0 aromatic carbocycles. The van der Waals surface area contributed by atoms with Crippen molar-refractivity contribution in [2.24, 2.45) is 5.73 Å². The third kappa shape index (κ3) is 1.20. The molecule has 1 amide bonds. The lowest BCUT2D eigenvalue weighted by Crippen LogP contribution is -2.42. The summed E-state index contributed by atoms with van der Waals surface area (Å²) in [4.78, 5) is 10.9. The lowest BCUT2D eigenvalue weighted by atomic mass is 9.96. The van der Waals surface area contributed by atoms with Gasteiger partial charge in [0, 0.05) is 0 Å². The Kier molecular flexibility index (Phi) is 2.37. The van der Waals surface area contributed by atoms with Crippen molar-refractivity contribution in [1.29, 1.82) is 0 Å². The van der Waals surface area contributed by atoms with E-state index in [0.29, 0.717) is 12.8 Å². The number of primary amides is 1. The molecule has 12 heavy (non-hydrogen) atoms. The van der Waals surface area contributed by atoms with Crippen LogP contribution < -0.4 is 5.73 Å². The number of carbonyl (C=O) groups excluding carboxylic acids is 1. The minimum absolute atomic E-state index is 0.327. The van der Waals surface area contributed by atoms with Crippen molar-refractivity contribution in [2.75, 3.05) is 0 Å². The van der Waals surface area contributed by atoms with Gasteiger partial charge in [-0.15, -0.1) is 0 Å². The molecule has 1 rings (SSSR count). The molecule has 1 heterocycles.